The number of carbonyl (C=O) groups is 1. The molecule has 0 unspecified atom stereocenters. The molecule has 5 heteroatoms. The van der Waals surface area contributed by atoms with Gasteiger partial charge in [-0.3, -0.25) is 4.79 Å². The van der Waals surface area contributed by atoms with Crippen LogP contribution in [0, 0.1) is 6.92 Å². The Morgan fingerprint density at radius 3 is 2.52 bits per heavy atom. The number of hydrogen-bond donors (Lipinski definition) is 1. The van der Waals surface area contributed by atoms with Gasteiger partial charge in [-0.15, -0.1) is 0 Å². The van der Waals surface area contributed by atoms with Crippen LogP contribution in [0.5, 0.6) is 0 Å². The molecular weight excluding hydrogens is 264 g/mol. The van der Waals surface area contributed by atoms with Crippen LogP contribution in [0.3, 0.4) is 0 Å². The van der Waals surface area contributed by atoms with Gasteiger partial charge in [0, 0.05) is 18.8 Å². The summed E-state index contributed by atoms with van der Waals surface area (Å²) in [5.41, 5.74) is 2.16. The minimum atomic E-state index is -0.251. The highest BCUT2D eigenvalue weighted by atomic mass is 16.1. The molecule has 0 aliphatic heterocycles. The summed E-state index contributed by atoms with van der Waals surface area (Å²) in [4.78, 5) is 22.7. The first-order valence-electron chi connectivity index (χ1n) is 7.09. The van der Waals surface area contributed by atoms with Gasteiger partial charge in [-0.05, 0) is 38.5 Å². The molecular formula is C16H20N4O. The predicted octanol–water partition coefficient (Wildman–Crippen LogP) is 2.88. The van der Waals surface area contributed by atoms with Gasteiger partial charge in [0.2, 0.25) is 0 Å². The molecule has 0 atom stereocenters. The predicted molar refractivity (Wildman–Crippen MR) is 84.7 cm³/mol. The highest BCUT2D eigenvalue weighted by Crippen LogP contribution is 2.12. The zero-order chi connectivity index (χ0) is 15.2. The normalized spacial score (nSPS) is 10.2. The van der Waals surface area contributed by atoms with Crippen molar-refractivity contribution in [2.24, 2.45) is 0 Å². The first-order valence-corrected chi connectivity index (χ1v) is 7.09. The number of aromatic nitrogens is 2. The van der Waals surface area contributed by atoms with E-state index in [9.17, 15) is 4.79 Å². The lowest BCUT2D eigenvalue weighted by Gasteiger charge is -2.18. The molecule has 1 N–H and O–H groups in total. The summed E-state index contributed by atoms with van der Waals surface area (Å²) in [6, 6.07) is 7.65. The van der Waals surface area contributed by atoms with Crippen molar-refractivity contribution in [1.82, 2.24) is 9.97 Å². The monoisotopic (exact) mass is 284 g/mol. The zero-order valence-corrected chi connectivity index (χ0v) is 12.6. The van der Waals surface area contributed by atoms with Crippen molar-refractivity contribution in [3.8, 4) is 0 Å². The number of benzene rings is 1. The molecule has 110 valence electrons. The number of carbonyl (C=O) groups excluding carboxylic acids is 1. The molecule has 0 fully saturated rings. The SMILES string of the molecule is CCN(CC)c1cnc(C(=O)Nc2cccc(C)c2)cn1. The van der Waals surface area contributed by atoms with Crippen molar-refractivity contribution >= 4 is 17.4 Å². The van der Waals surface area contributed by atoms with Gasteiger partial charge < -0.3 is 10.2 Å². The number of anilines is 2. The van der Waals surface area contributed by atoms with Crippen LogP contribution in [0.15, 0.2) is 36.7 Å². The summed E-state index contributed by atoms with van der Waals surface area (Å²) in [6.07, 6.45) is 3.15. The number of hydrogen-bond acceptors (Lipinski definition) is 4. The van der Waals surface area contributed by atoms with E-state index >= 15 is 0 Å². The Labute approximate surface area is 125 Å². The number of aryl methyl sites for hydroxylation is 1. The van der Waals surface area contributed by atoms with E-state index in [0.29, 0.717) is 5.69 Å². The Balaban J connectivity index is 2.09. The molecule has 0 spiro atoms. The third-order valence-corrected chi connectivity index (χ3v) is 3.23. The summed E-state index contributed by atoms with van der Waals surface area (Å²) >= 11 is 0. The summed E-state index contributed by atoms with van der Waals surface area (Å²) < 4.78 is 0. The fraction of sp³-hybridized carbons (Fsp3) is 0.312. The summed E-state index contributed by atoms with van der Waals surface area (Å²) in [5.74, 6) is 0.534. The summed E-state index contributed by atoms with van der Waals surface area (Å²) in [6.45, 7) is 7.82. The lowest BCUT2D eigenvalue weighted by Crippen LogP contribution is -2.23. The molecule has 0 saturated heterocycles. The second kappa shape index (κ2) is 6.83. The van der Waals surface area contributed by atoms with Crippen molar-refractivity contribution in [2.75, 3.05) is 23.3 Å². The van der Waals surface area contributed by atoms with Gasteiger partial charge in [0.25, 0.3) is 5.91 Å². The van der Waals surface area contributed by atoms with Crippen LogP contribution < -0.4 is 10.2 Å². The van der Waals surface area contributed by atoms with E-state index in [1.165, 1.54) is 6.20 Å². The molecule has 2 aromatic rings. The molecule has 1 aromatic heterocycles. The minimum absolute atomic E-state index is 0.251. The standard InChI is InChI=1S/C16H20N4O/c1-4-20(5-2)15-11-17-14(10-18-15)16(21)19-13-8-6-7-12(3)9-13/h6-11H,4-5H2,1-3H3,(H,19,21). The van der Waals surface area contributed by atoms with Crippen LogP contribution >= 0.6 is 0 Å². The van der Waals surface area contributed by atoms with Crippen LogP contribution in [0.1, 0.15) is 29.9 Å². The number of nitrogens with zero attached hydrogens (tertiary/aromatic N) is 3. The molecule has 5 nitrogen and oxygen atoms in total. The lowest BCUT2D eigenvalue weighted by atomic mass is 10.2. The number of amides is 1. The van der Waals surface area contributed by atoms with Gasteiger partial charge in [-0.25, -0.2) is 9.97 Å². The maximum absolute atomic E-state index is 12.1. The Morgan fingerprint density at radius 1 is 1.19 bits per heavy atom. The molecule has 0 aliphatic carbocycles. The fourth-order valence-electron chi connectivity index (χ4n) is 2.07. The molecule has 2 rings (SSSR count). The van der Waals surface area contributed by atoms with Gasteiger partial charge in [0.15, 0.2) is 0 Å². The average molecular weight is 284 g/mol. The molecule has 0 aliphatic rings. The van der Waals surface area contributed by atoms with Crippen molar-refractivity contribution < 1.29 is 4.79 Å². The van der Waals surface area contributed by atoms with Crippen molar-refractivity contribution in [1.29, 1.82) is 0 Å². The Kier molecular flexibility index (Phi) is 4.87. The first kappa shape index (κ1) is 15.0. The smallest absolute Gasteiger partial charge is 0.275 e. The van der Waals surface area contributed by atoms with E-state index in [1.54, 1.807) is 6.20 Å². The zero-order valence-electron chi connectivity index (χ0n) is 12.6. The lowest BCUT2D eigenvalue weighted by molar-refractivity contribution is 0.102. The average Bonchev–Trinajstić information content (AvgIpc) is 2.49. The second-order valence-corrected chi connectivity index (χ2v) is 4.76. The Morgan fingerprint density at radius 2 is 1.95 bits per heavy atom. The molecule has 0 radical (unpaired) electrons. The molecule has 21 heavy (non-hydrogen) atoms. The van der Waals surface area contributed by atoms with Crippen molar-refractivity contribution in [3.63, 3.8) is 0 Å². The first-order chi connectivity index (χ1) is 10.1. The minimum Gasteiger partial charge on any atom is -0.356 e. The maximum Gasteiger partial charge on any atom is 0.275 e. The van der Waals surface area contributed by atoms with Crippen molar-refractivity contribution in [2.45, 2.75) is 20.8 Å². The van der Waals surface area contributed by atoms with Crippen LogP contribution in [-0.2, 0) is 0 Å². The largest absolute Gasteiger partial charge is 0.356 e. The van der Waals surface area contributed by atoms with E-state index in [2.05, 4.69) is 34.0 Å². The van der Waals surface area contributed by atoms with Gasteiger partial charge in [-0.1, -0.05) is 12.1 Å². The van der Waals surface area contributed by atoms with Crippen molar-refractivity contribution in [3.05, 3.63) is 47.9 Å². The van der Waals surface area contributed by atoms with Crippen LogP contribution in [0.25, 0.3) is 0 Å². The third-order valence-electron chi connectivity index (χ3n) is 3.23. The summed E-state index contributed by atoms with van der Waals surface area (Å²) in [7, 11) is 0. The van der Waals surface area contributed by atoms with Gasteiger partial charge >= 0.3 is 0 Å². The fourth-order valence-corrected chi connectivity index (χ4v) is 2.07. The van der Waals surface area contributed by atoms with E-state index in [-0.39, 0.29) is 5.91 Å². The molecule has 1 aromatic carbocycles. The van der Waals surface area contributed by atoms with Gasteiger partial charge in [-0.2, -0.15) is 0 Å². The second-order valence-electron chi connectivity index (χ2n) is 4.76. The Hall–Kier alpha value is -2.43. The van der Waals surface area contributed by atoms with Gasteiger partial charge in [0.05, 0.1) is 12.4 Å². The van der Waals surface area contributed by atoms with E-state index < -0.39 is 0 Å². The molecule has 1 heterocycles. The van der Waals surface area contributed by atoms with Crippen LogP contribution in [0.2, 0.25) is 0 Å². The topological polar surface area (TPSA) is 58.1 Å². The quantitative estimate of drug-likeness (QED) is 0.917. The molecule has 0 saturated carbocycles. The maximum atomic E-state index is 12.1. The van der Waals surface area contributed by atoms with E-state index in [4.69, 9.17) is 0 Å². The molecule has 0 bridgehead atoms. The Bertz CT molecular complexity index is 606. The van der Waals surface area contributed by atoms with Crippen LogP contribution in [-0.4, -0.2) is 29.0 Å². The highest BCUT2D eigenvalue weighted by molar-refractivity contribution is 6.02. The third kappa shape index (κ3) is 3.78. The number of rotatable bonds is 5. The van der Waals surface area contributed by atoms with E-state index in [0.717, 1.165) is 30.2 Å². The van der Waals surface area contributed by atoms with Gasteiger partial charge in [0.1, 0.15) is 11.5 Å². The molecule has 1 amide bonds. The van der Waals surface area contributed by atoms with Crippen LogP contribution in [0.4, 0.5) is 11.5 Å². The summed E-state index contributed by atoms with van der Waals surface area (Å²) in [5, 5.41) is 2.82. The highest BCUT2D eigenvalue weighted by Gasteiger charge is 2.10. The van der Waals surface area contributed by atoms with E-state index in [1.807, 2.05) is 31.2 Å². The number of nitrogens with one attached hydrogen (secondary N) is 1.